The number of H-pyrrole nitrogens is 1. The fourth-order valence-corrected chi connectivity index (χ4v) is 4.42. The Morgan fingerprint density at radius 3 is 2.89 bits per heavy atom. The van der Waals surface area contributed by atoms with E-state index in [1.165, 1.54) is 42.8 Å². The van der Waals surface area contributed by atoms with Crippen molar-refractivity contribution in [2.45, 2.75) is 26.3 Å². The summed E-state index contributed by atoms with van der Waals surface area (Å²) in [6.45, 7) is 5.35. The monoisotopic (exact) mass is 391 g/mol. The van der Waals surface area contributed by atoms with E-state index in [2.05, 4.69) is 42.5 Å². The van der Waals surface area contributed by atoms with Crippen molar-refractivity contribution in [3.63, 3.8) is 0 Å². The molecule has 0 unspecified atom stereocenters. The Kier molecular flexibility index (Phi) is 4.50. The van der Waals surface area contributed by atoms with Crippen LogP contribution in [0.4, 0.5) is 10.9 Å². The zero-order valence-corrected chi connectivity index (χ0v) is 16.5. The van der Waals surface area contributed by atoms with Crippen LogP contribution in [-0.2, 0) is 6.54 Å². The van der Waals surface area contributed by atoms with Crippen LogP contribution < -0.4 is 5.32 Å². The first-order valence-corrected chi connectivity index (χ1v) is 10.3. The average Bonchev–Trinajstić information content (AvgIpc) is 3.42. The third kappa shape index (κ3) is 3.48. The van der Waals surface area contributed by atoms with E-state index in [1.807, 2.05) is 25.3 Å². The molecular formula is C20H21N7S. The van der Waals surface area contributed by atoms with Gasteiger partial charge in [-0.3, -0.25) is 10.00 Å². The van der Waals surface area contributed by atoms with Crippen LogP contribution in [0.5, 0.6) is 0 Å². The lowest BCUT2D eigenvalue weighted by molar-refractivity contribution is 0.331. The van der Waals surface area contributed by atoms with Gasteiger partial charge in [0, 0.05) is 24.0 Å². The molecule has 5 rings (SSSR count). The Labute approximate surface area is 166 Å². The maximum atomic E-state index is 4.76. The lowest BCUT2D eigenvalue weighted by Crippen LogP contribution is -2.18. The van der Waals surface area contributed by atoms with Crippen molar-refractivity contribution >= 4 is 32.6 Å². The molecule has 0 aromatic carbocycles. The highest BCUT2D eigenvalue weighted by Crippen LogP contribution is 2.29. The molecule has 0 spiro atoms. The van der Waals surface area contributed by atoms with Crippen molar-refractivity contribution in [3.8, 4) is 11.3 Å². The predicted octanol–water partition coefficient (Wildman–Crippen LogP) is 4.12. The molecule has 5 heterocycles. The maximum Gasteiger partial charge on any atom is 0.190 e. The van der Waals surface area contributed by atoms with Gasteiger partial charge < -0.3 is 5.32 Å². The molecule has 0 atom stereocenters. The van der Waals surface area contributed by atoms with Crippen LogP contribution in [0.1, 0.15) is 24.1 Å². The highest BCUT2D eigenvalue weighted by atomic mass is 32.1. The Balaban J connectivity index is 1.37. The molecule has 4 aromatic heterocycles. The first-order valence-electron chi connectivity index (χ1n) is 9.47. The zero-order chi connectivity index (χ0) is 18.9. The fraction of sp³-hybridized carbons (Fsp3) is 0.300. The van der Waals surface area contributed by atoms with Crippen molar-refractivity contribution < 1.29 is 0 Å². The number of hydrogen-bond acceptors (Lipinski definition) is 7. The summed E-state index contributed by atoms with van der Waals surface area (Å²) in [6, 6.07) is 8.18. The summed E-state index contributed by atoms with van der Waals surface area (Å²) >= 11 is 1.53. The quantitative estimate of drug-likeness (QED) is 0.532. The van der Waals surface area contributed by atoms with Crippen molar-refractivity contribution in [1.29, 1.82) is 0 Å². The minimum absolute atomic E-state index is 0.800. The van der Waals surface area contributed by atoms with E-state index in [0.29, 0.717) is 0 Å². The molecule has 28 heavy (non-hydrogen) atoms. The topological polar surface area (TPSA) is 82.6 Å². The second-order valence-electron chi connectivity index (χ2n) is 7.11. The van der Waals surface area contributed by atoms with E-state index >= 15 is 0 Å². The summed E-state index contributed by atoms with van der Waals surface area (Å²) in [6.07, 6.45) is 6.27. The number of nitrogens with zero attached hydrogens (tertiary/aromatic N) is 5. The number of hydrogen-bond donors (Lipinski definition) is 2. The molecule has 0 radical (unpaired) electrons. The second kappa shape index (κ2) is 7.29. The van der Waals surface area contributed by atoms with Crippen LogP contribution in [0, 0.1) is 6.92 Å². The van der Waals surface area contributed by atoms with Gasteiger partial charge in [-0.2, -0.15) is 5.10 Å². The van der Waals surface area contributed by atoms with Crippen LogP contribution in [0.3, 0.4) is 0 Å². The molecule has 4 aromatic rings. The van der Waals surface area contributed by atoms with Gasteiger partial charge in [0.2, 0.25) is 0 Å². The van der Waals surface area contributed by atoms with Crippen molar-refractivity contribution in [2.75, 3.05) is 18.4 Å². The number of pyridine rings is 2. The molecule has 142 valence electrons. The van der Waals surface area contributed by atoms with Gasteiger partial charge in [-0.1, -0.05) is 11.3 Å². The number of anilines is 2. The molecule has 0 amide bonds. The maximum absolute atomic E-state index is 4.76. The molecule has 7 nitrogen and oxygen atoms in total. The van der Waals surface area contributed by atoms with E-state index in [-0.39, 0.29) is 0 Å². The van der Waals surface area contributed by atoms with E-state index in [4.69, 9.17) is 4.98 Å². The number of rotatable bonds is 5. The number of aryl methyl sites for hydroxylation is 1. The molecule has 1 saturated heterocycles. The lowest BCUT2D eigenvalue weighted by atomic mass is 10.2. The van der Waals surface area contributed by atoms with Crippen LogP contribution in [0.2, 0.25) is 0 Å². The van der Waals surface area contributed by atoms with Crippen LogP contribution in [0.25, 0.3) is 21.6 Å². The Bertz CT molecular complexity index is 1110. The third-order valence-electron chi connectivity index (χ3n) is 5.03. The molecule has 2 N–H and O–H groups in total. The van der Waals surface area contributed by atoms with Crippen molar-refractivity contribution in [1.82, 2.24) is 30.0 Å². The van der Waals surface area contributed by atoms with E-state index < -0.39 is 0 Å². The molecule has 1 aliphatic rings. The molecular weight excluding hydrogens is 370 g/mol. The minimum atomic E-state index is 0.800. The van der Waals surface area contributed by atoms with Gasteiger partial charge in [-0.05, 0) is 62.7 Å². The van der Waals surface area contributed by atoms with Gasteiger partial charge in [0.1, 0.15) is 16.2 Å². The summed E-state index contributed by atoms with van der Waals surface area (Å²) in [5, 5.41) is 11.2. The van der Waals surface area contributed by atoms with Crippen molar-refractivity contribution in [3.05, 3.63) is 47.9 Å². The molecule has 1 aliphatic heterocycles. The Hall–Kier alpha value is -2.84. The SMILES string of the molecule is Cc1[nH]ncc1-c1ccc2nc(Nc3cc(CN4CCCC4)ccn3)sc2n1. The summed E-state index contributed by atoms with van der Waals surface area (Å²) < 4.78 is 0. The minimum Gasteiger partial charge on any atom is -0.316 e. The van der Waals surface area contributed by atoms with Gasteiger partial charge in [-0.15, -0.1) is 0 Å². The van der Waals surface area contributed by atoms with E-state index in [1.54, 1.807) is 6.20 Å². The van der Waals surface area contributed by atoms with E-state index in [0.717, 1.165) is 44.8 Å². The van der Waals surface area contributed by atoms with Gasteiger partial charge in [0.15, 0.2) is 5.13 Å². The highest BCUT2D eigenvalue weighted by Gasteiger charge is 2.13. The van der Waals surface area contributed by atoms with Gasteiger partial charge in [-0.25, -0.2) is 15.0 Å². The molecule has 1 fully saturated rings. The van der Waals surface area contributed by atoms with Crippen molar-refractivity contribution in [2.24, 2.45) is 0 Å². The number of aromatic nitrogens is 5. The normalized spacial score (nSPS) is 14.8. The van der Waals surface area contributed by atoms with Gasteiger partial charge >= 0.3 is 0 Å². The summed E-state index contributed by atoms with van der Waals surface area (Å²) in [7, 11) is 0. The zero-order valence-electron chi connectivity index (χ0n) is 15.6. The summed E-state index contributed by atoms with van der Waals surface area (Å²) in [5.74, 6) is 0.821. The first-order chi connectivity index (χ1) is 13.7. The predicted molar refractivity (Wildman–Crippen MR) is 112 cm³/mol. The Morgan fingerprint density at radius 2 is 2.07 bits per heavy atom. The second-order valence-corrected chi connectivity index (χ2v) is 8.08. The highest BCUT2D eigenvalue weighted by molar-refractivity contribution is 7.21. The van der Waals surface area contributed by atoms with Crippen LogP contribution in [0.15, 0.2) is 36.7 Å². The van der Waals surface area contributed by atoms with Gasteiger partial charge in [0.25, 0.3) is 0 Å². The number of fused-ring (bicyclic) bond motifs is 1. The molecule has 8 heteroatoms. The van der Waals surface area contributed by atoms with Gasteiger partial charge in [0.05, 0.1) is 11.9 Å². The number of likely N-dealkylation sites (tertiary alicyclic amines) is 1. The third-order valence-corrected chi connectivity index (χ3v) is 5.91. The molecule has 0 saturated carbocycles. The van der Waals surface area contributed by atoms with E-state index in [9.17, 15) is 0 Å². The summed E-state index contributed by atoms with van der Waals surface area (Å²) in [4.78, 5) is 17.2. The summed E-state index contributed by atoms with van der Waals surface area (Å²) in [5.41, 5.74) is 5.08. The first kappa shape index (κ1) is 17.3. The lowest BCUT2D eigenvalue weighted by Gasteiger charge is -2.14. The number of thiazole rings is 1. The number of nitrogens with one attached hydrogen (secondary N) is 2. The average molecular weight is 392 g/mol. The van der Waals surface area contributed by atoms with Crippen LogP contribution >= 0.6 is 11.3 Å². The fourth-order valence-electron chi connectivity index (χ4n) is 3.58. The largest absolute Gasteiger partial charge is 0.316 e. The molecule has 0 bridgehead atoms. The number of aromatic amines is 1. The molecule has 0 aliphatic carbocycles. The van der Waals surface area contributed by atoms with Crippen LogP contribution in [-0.4, -0.2) is 43.1 Å². The standard InChI is InChI=1S/C20H21N7S/c1-13-15(11-22-26-13)16-4-5-17-19(23-16)28-20(24-17)25-18-10-14(6-7-21-18)12-27-8-2-3-9-27/h4-7,10-11H,2-3,8-9,12H2,1H3,(H,22,26)(H,21,24,25). The Morgan fingerprint density at radius 1 is 1.18 bits per heavy atom. The smallest absolute Gasteiger partial charge is 0.190 e.